The molecule has 1 heterocycles. The first-order chi connectivity index (χ1) is 11.5. The van der Waals surface area contributed by atoms with Gasteiger partial charge in [-0.15, -0.1) is 0 Å². The van der Waals surface area contributed by atoms with Gasteiger partial charge in [0.05, 0.1) is 0 Å². The van der Waals surface area contributed by atoms with Gasteiger partial charge >= 0.3 is 0 Å². The zero-order valence-electron chi connectivity index (χ0n) is 14.6. The molecular formula is C18H26FN5. The Morgan fingerprint density at radius 2 is 1.88 bits per heavy atom. The van der Waals surface area contributed by atoms with Crippen molar-refractivity contribution >= 4 is 11.8 Å². The van der Waals surface area contributed by atoms with Crippen LogP contribution >= 0.6 is 0 Å². The number of anilines is 2. The van der Waals surface area contributed by atoms with Gasteiger partial charge < -0.3 is 15.5 Å². The molecule has 1 aromatic heterocycles. The minimum atomic E-state index is -0.173. The average Bonchev–Trinajstić information content (AvgIpc) is 2.53. The Kier molecular flexibility index (Phi) is 6.93. The van der Waals surface area contributed by atoms with Gasteiger partial charge in [-0.25, -0.2) is 9.37 Å². The van der Waals surface area contributed by atoms with E-state index < -0.39 is 0 Å². The van der Waals surface area contributed by atoms with Gasteiger partial charge in [0.1, 0.15) is 11.6 Å². The normalized spacial score (nSPS) is 10.9. The van der Waals surface area contributed by atoms with Crippen molar-refractivity contribution in [3.05, 3.63) is 47.4 Å². The molecule has 0 aliphatic heterocycles. The number of hydrogen-bond acceptors (Lipinski definition) is 5. The number of rotatable bonds is 9. The maximum atomic E-state index is 13.6. The molecule has 0 fully saturated rings. The van der Waals surface area contributed by atoms with Crippen LogP contribution in [0.4, 0.5) is 16.2 Å². The molecule has 0 unspecified atom stereocenters. The molecule has 0 saturated carbocycles. The summed E-state index contributed by atoms with van der Waals surface area (Å²) in [4.78, 5) is 11.0. The summed E-state index contributed by atoms with van der Waals surface area (Å²) < 4.78 is 13.6. The topological polar surface area (TPSA) is 53.1 Å². The Morgan fingerprint density at radius 3 is 2.62 bits per heavy atom. The van der Waals surface area contributed by atoms with Crippen LogP contribution in [0.2, 0.25) is 0 Å². The summed E-state index contributed by atoms with van der Waals surface area (Å²) in [6.45, 7) is 4.42. The number of hydrogen-bond donors (Lipinski definition) is 2. The molecule has 0 radical (unpaired) electrons. The van der Waals surface area contributed by atoms with Crippen LogP contribution < -0.4 is 10.6 Å². The van der Waals surface area contributed by atoms with Gasteiger partial charge in [-0.2, -0.15) is 4.98 Å². The Bertz CT molecular complexity index is 645. The van der Waals surface area contributed by atoms with Crippen LogP contribution in [0.5, 0.6) is 0 Å². The SMILES string of the molecule is Cc1cc(NCCCN(C)C)nc(NCCc2ccccc2F)n1. The average molecular weight is 331 g/mol. The minimum Gasteiger partial charge on any atom is -0.370 e. The van der Waals surface area contributed by atoms with Crippen LogP contribution in [-0.2, 0) is 6.42 Å². The van der Waals surface area contributed by atoms with Crippen LogP contribution in [-0.4, -0.2) is 48.6 Å². The molecule has 0 spiro atoms. The van der Waals surface area contributed by atoms with Gasteiger partial charge in [0.15, 0.2) is 0 Å². The lowest BCUT2D eigenvalue weighted by molar-refractivity contribution is 0.405. The highest BCUT2D eigenvalue weighted by molar-refractivity contribution is 5.42. The third-order valence-corrected chi connectivity index (χ3v) is 3.58. The molecule has 0 atom stereocenters. The summed E-state index contributed by atoms with van der Waals surface area (Å²) in [5, 5.41) is 6.49. The van der Waals surface area contributed by atoms with E-state index in [9.17, 15) is 4.39 Å². The molecule has 6 heteroatoms. The highest BCUT2D eigenvalue weighted by Crippen LogP contribution is 2.11. The minimum absolute atomic E-state index is 0.173. The van der Waals surface area contributed by atoms with E-state index in [4.69, 9.17) is 0 Å². The molecule has 24 heavy (non-hydrogen) atoms. The van der Waals surface area contributed by atoms with E-state index in [1.807, 2.05) is 19.1 Å². The first-order valence-electron chi connectivity index (χ1n) is 8.26. The van der Waals surface area contributed by atoms with Crippen molar-refractivity contribution in [2.75, 3.05) is 44.4 Å². The highest BCUT2D eigenvalue weighted by atomic mass is 19.1. The van der Waals surface area contributed by atoms with Crippen molar-refractivity contribution in [3.8, 4) is 0 Å². The predicted octanol–water partition coefficient (Wildman–Crippen LogP) is 2.94. The Balaban J connectivity index is 1.85. The van der Waals surface area contributed by atoms with Crippen LogP contribution in [0.1, 0.15) is 17.7 Å². The van der Waals surface area contributed by atoms with E-state index in [1.54, 1.807) is 12.1 Å². The van der Waals surface area contributed by atoms with Gasteiger partial charge in [0, 0.05) is 24.8 Å². The van der Waals surface area contributed by atoms with Gasteiger partial charge in [-0.3, -0.25) is 0 Å². The molecule has 1 aromatic carbocycles. The smallest absolute Gasteiger partial charge is 0.224 e. The highest BCUT2D eigenvalue weighted by Gasteiger charge is 2.04. The third kappa shape index (κ3) is 6.12. The lowest BCUT2D eigenvalue weighted by Crippen LogP contribution is -2.17. The van der Waals surface area contributed by atoms with Crippen molar-refractivity contribution in [2.24, 2.45) is 0 Å². The fourth-order valence-corrected chi connectivity index (χ4v) is 2.36. The van der Waals surface area contributed by atoms with Crippen molar-refractivity contribution in [1.29, 1.82) is 0 Å². The van der Waals surface area contributed by atoms with Crippen molar-refractivity contribution in [2.45, 2.75) is 19.8 Å². The van der Waals surface area contributed by atoms with Gasteiger partial charge in [0.25, 0.3) is 0 Å². The third-order valence-electron chi connectivity index (χ3n) is 3.58. The molecule has 2 aromatic rings. The molecule has 130 valence electrons. The molecule has 5 nitrogen and oxygen atoms in total. The second-order valence-corrected chi connectivity index (χ2v) is 6.07. The maximum Gasteiger partial charge on any atom is 0.224 e. The molecule has 2 rings (SSSR count). The molecular weight excluding hydrogens is 305 g/mol. The van der Waals surface area contributed by atoms with E-state index >= 15 is 0 Å². The van der Waals surface area contributed by atoms with Crippen LogP contribution in [0.3, 0.4) is 0 Å². The van der Waals surface area contributed by atoms with Gasteiger partial charge in [-0.1, -0.05) is 18.2 Å². The van der Waals surface area contributed by atoms with Crippen molar-refractivity contribution in [1.82, 2.24) is 14.9 Å². The van der Waals surface area contributed by atoms with Crippen LogP contribution in [0, 0.1) is 12.7 Å². The number of aryl methyl sites for hydroxylation is 1. The van der Waals surface area contributed by atoms with E-state index in [0.29, 0.717) is 24.5 Å². The van der Waals surface area contributed by atoms with E-state index in [1.165, 1.54) is 6.07 Å². The fraction of sp³-hybridized carbons (Fsp3) is 0.444. The quantitative estimate of drug-likeness (QED) is 0.692. The molecule has 0 amide bonds. The second-order valence-electron chi connectivity index (χ2n) is 6.07. The number of nitrogens with one attached hydrogen (secondary N) is 2. The lowest BCUT2D eigenvalue weighted by Gasteiger charge is -2.12. The summed E-state index contributed by atoms with van der Waals surface area (Å²) in [6.07, 6.45) is 1.64. The first kappa shape index (κ1) is 18.1. The second kappa shape index (κ2) is 9.17. The van der Waals surface area contributed by atoms with Crippen LogP contribution in [0.25, 0.3) is 0 Å². The van der Waals surface area contributed by atoms with Gasteiger partial charge in [0.2, 0.25) is 5.95 Å². The Labute approximate surface area is 143 Å². The molecule has 2 N–H and O–H groups in total. The van der Waals surface area contributed by atoms with E-state index in [-0.39, 0.29) is 5.82 Å². The largest absolute Gasteiger partial charge is 0.370 e. The zero-order valence-corrected chi connectivity index (χ0v) is 14.6. The monoisotopic (exact) mass is 331 g/mol. The number of halogens is 1. The van der Waals surface area contributed by atoms with E-state index in [0.717, 1.165) is 31.0 Å². The van der Waals surface area contributed by atoms with Crippen LogP contribution in [0.15, 0.2) is 30.3 Å². The maximum absolute atomic E-state index is 13.6. The van der Waals surface area contributed by atoms with E-state index in [2.05, 4.69) is 39.6 Å². The standard InChI is InChI=1S/C18H26FN5/c1-14-13-17(20-10-6-12-24(2)3)23-18(22-14)21-11-9-15-7-4-5-8-16(15)19/h4-5,7-8,13H,6,9-12H2,1-3H3,(H2,20,21,22,23). The molecule has 0 aliphatic carbocycles. The Hall–Kier alpha value is -2.21. The fourth-order valence-electron chi connectivity index (χ4n) is 2.36. The number of aromatic nitrogens is 2. The Morgan fingerprint density at radius 1 is 1.08 bits per heavy atom. The summed E-state index contributed by atoms with van der Waals surface area (Å²) in [5.74, 6) is 1.21. The summed E-state index contributed by atoms with van der Waals surface area (Å²) in [5.41, 5.74) is 1.59. The lowest BCUT2D eigenvalue weighted by atomic mass is 10.1. The van der Waals surface area contributed by atoms with Crippen molar-refractivity contribution < 1.29 is 4.39 Å². The molecule has 0 aliphatic rings. The number of benzene rings is 1. The number of nitrogens with zero attached hydrogens (tertiary/aromatic N) is 3. The summed E-state index contributed by atoms with van der Waals surface area (Å²) in [7, 11) is 4.12. The molecule has 0 bridgehead atoms. The molecule has 0 saturated heterocycles. The summed E-state index contributed by atoms with van der Waals surface area (Å²) >= 11 is 0. The van der Waals surface area contributed by atoms with Gasteiger partial charge in [-0.05, 0) is 52.0 Å². The summed E-state index contributed by atoms with van der Waals surface area (Å²) in [6, 6.07) is 8.75. The predicted molar refractivity (Wildman–Crippen MR) is 97.0 cm³/mol. The first-order valence-corrected chi connectivity index (χ1v) is 8.26. The van der Waals surface area contributed by atoms with Crippen molar-refractivity contribution in [3.63, 3.8) is 0 Å². The zero-order chi connectivity index (χ0) is 17.4.